The maximum Gasteiger partial charge on any atom is 0.139 e. The number of ether oxygens (including phenoxy) is 1. The molecule has 6 heteroatoms. The van der Waals surface area contributed by atoms with Gasteiger partial charge in [0.1, 0.15) is 5.75 Å². The zero-order chi connectivity index (χ0) is 13.1. The van der Waals surface area contributed by atoms with E-state index in [-0.39, 0.29) is 6.61 Å². The summed E-state index contributed by atoms with van der Waals surface area (Å²) in [6.07, 6.45) is 3.26. The number of aliphatic hydroxyl groups is 1. The Balaban J connectivity index is 2.46. The molecule has 0 radical (unpaired) electrons. The minimum Gasteiger partial charge on any atom is -0.495 e. The summed E-state index contributed by atoms with van der Waals surface area (Å²) in [5.74, 6) is 0.575. The van der Waals surface area contributed by atoms with E-state index in [4.69, 9.17) is 27.2 Å². The number of aromatic nitrogens is 2. The molecule has 1 aromatic carbocycles. The standard InChI is InChI=1S/C12H14ClN3O2/c1-18-12-4-8(2-3-9(12)13)16-7-15-5-11(16)10(14)6-17/h2-5,7,10,17H,6,14H2,1H3. The van der Waals surface area contributed by atoms with Gasteiger partial charge in [-0.1, -0.05) is 11.6 Å². The highest BCUT2D eigenvalue weighted by Crippen LogP contribution is 2.27. The van der Waals surface area contributed by atoms with Gasteiger partial charge in [0, 0.05) is 6.07 Å². The number of imidazole rings is 1. The predicted octanol–water partition coefficient (Wildman–Crippen LogP) is 1.53. The average Bonchev–Trinajstić information content (AvgIpc) is 2.87. The van der Waals surface area contributed by atoms with E-state index < -0.39 is 6.04 Å². The molecule has 0 bridgehead atoms. The monoisotopic (exact) mass is 267 g/mol. The molecule has 0 aliphatic heterocycles. The largest absolute Gasteiger partial charge is 0.495 e. The molecule has 2 rings (SSSR count). The van der Waals surface area contributed by atoms with E-state index in [0.29, 0.717) is 10.8 Å². The molecule has 1 heterocycles. The molecule has 0 fully saturated rings. The molecule has 0 saturated heterocycles. The lowest BCUT2D eigenvalue weighted by molar-refractivity contribution is 0.265. The summed E-state index contributed by atoms with van der Waals surface area (Å²) in [6.45, 7) is -0.142. The number of aliphatic hydroxyl groups excluding tert-OH is 1. The molecular formula is C12H14ClN3O2. The second-order valence-electron chi connectivity index (χ2n) is 3.80. The molecule has 2 aromatic rings. The normalized spacial score (nSPS) is 12.4. The van der Waals surface area contributed by atoms with Gasteiger partial charge in [0.05, 0.1) is 48.7 Å². The zero-order valence-corrected chi connectivity index (χ0v) is 10.6. The van der Waals surface area contributed by atoms with Crippen molar-refractivity contribution in [3.05, 3.63) is 41.4 Å². The van der Waals surface area contributed by atoms with Crippen LogP contribution in [0.25, 0.3) is 5.69 Å². The molecule has 1 atom stereocenters. The van der Waals surface area contributed by atoms with Crippen LogP contribution in [-0.2, 0) is 0 Å². The summed E-state index contributed by atoms with van der Waals surface area (Å²) in [6, 6.07) is 4.89. The fourth-order valence-electron chi connectivity index (χ4n) is 1.69. The summed E-state index contributed by atoms with van der Waals surface area (Å²) < 4.78 is 6.96. The van der Waals surface area contributed by atoms with Gasteiger partial charge in [-0.15, -0.1) is 0 Å². The highest BCUT2D eigenvalue weighted by atomic mass is 35.5. The maximum absolute atomic E-state index is 9.11. The Morgan fingerprint density at radius 1 is 1.56 bits per heavy atom. The molecule has 0 aliphatic carbocycles. The van der Waals surface area contributed by atoms with Crippen LogP contribution in [0.1, 0.15) is 11.7 Å². The molecule has 0 spiro atoms. The van der Waals surface area contributed by atoms with Gasteiger partial charge in [-0.2, -0.15) is 0 Å². The Morgan fingerprint density at radius 2 is 2.33 bits per heavy atom. The number of hydrogen-bond acceptors (Lipinski definition) is 4. The number of hydrogen-bond donors (Lipinski definition) is 2. The topological polar surface area (TPSA) is 73.3 Å². The van der Waals surface area contributed by atoms with E-state index >= 15 is 0 Å². The molecular weight excluding hydrogens is 254 g/mol. The van der Waals surface area contributed by atoms with Crippen LogP contribution < -0.4 is 10.5 Å². The van der Waals surface area contributed by atoms with E-state index in [0.717, 1.165) is 11.4 Å². The number of nitrogens with two attached hydrogens (primary N) is 1. The third-order valence-electron chi connectivity index (χ3n) is 2.66. The number of methoxy groups -OCH3 is 1. The van der Waals surface area contributed by atoms with Gasteiger partial charge < -0.3 is 20.1 Å². The quantitative estimate of drug-likeness (QED) is 0.881. The molecule has 1 unspecified atom stereocenters. The highest BCUT2D eigenvalue weighted by Gasteiger charge is 2.12. The fraction of sp³-hybridized carbons (Fsp3) is 0.250. The lowest BCUT2D eigenvalue weighted by atomic mass is 10.2. The fourth-order valence-corrected chi connectivity index (χ4v) is 1.88. The first-order valence-electron chi connectivity index (χ1n) is 5.40. The molecule has 3 N–H and O–H groups in total. The molecule has 0 aliphatic rings. The van der Waals surface area contributed by atoms with E-state index in [2.05, 4.69) is 4.98 Å². The summed E-state index contributed by atoms with van der Waals surface area (Å²) >= 11 is 5.97. The Kier molecular flexibility index (Phi) is 3.86. The van der Waals surface area contributed by atoms with Crippen LogP contribution in [-0.4, -0.2) is 28.4 Å². The second-order valence-corrected chi connectivity index (χ2v) is 4.20. The molecule has 96 valence electrons. The van der Waals surface area contributed by atoms with Crippen molar-refractivity contribution in [2.75, 3.05) is 13.7 Å². The van der Waals surface area contributed by atoms with Crippen molar-refractivity contribution < 1.29 is 9.84 Å². The van der Waals surface area contributed by atoms with Crippen LogP contribution in [0.5, 0.6) is 5.75 Å². The second kappa shape index (κ2) is 5.39. The smallest absolute Gasteiger partial charge is 0.139 e. The van der Waals surface area contributed by atoms with Gasteiger partial charge in [0.25, 0.3) is 0 Å². The Hall–Kier alpha value is -1.56. The molecule has 1 aromatic heterocycles. The van der Waals surface area contributed by atoms with Crippen molar-refractivity contribution >= 4 is 11.6 Å². The van der Waals surface area contributed by atoms with E-state index in [1.807, 2.05) is 6.07 Å². The number of rotatable bonds is 4. The lowest BCUT2D eigenvalue weighted by Crippen LogP contribution is -2.18. The van der Waals surface area contributed by atoms with Crippen molar-refractivity contribution in [1.82, 2.24) is 9.55 Å². The number of nitrogens with zero attached hydrogens (tertiary/aromatic N) is 2. The van der Waals surface area contributed by atoms with Gasteiger partial charge in [0.15, 0.2) is 0 Å². The minimum absolute atomic E-state index is 0.142. The molecule has 5 nitrogen and oxygen atoms in total. The van der Waals surface area contributed by atoms with Gasteiger partial charge >= 0.3 is 0 Å². The Labute approximate surface area is 110 Å². The lowest BCUT2D eigenvalue weighted by Gasteiger charge is -2.13. The predicted molar refractivity (Wildman–Crippen MR) is 69.1 cm³/mol. The summed E-state index contributed by atoms with van der Waals surface area (Å²) in [5, 5.41) is 9.65. The van der Waals surface area contributed by atoms with Crippen LogP contribution in [0.15, 0.2) is 30.7 Å². The first-order valence-corrected chi connectivity index (χ1v) is 5.77. The summed E-state index contributed by atoms with van der Waals surface area (Å²) in [7, 11) is 1.55. The van der Waals surface area contributed by atoms with Crippen LogP contribution in [0.3, 0.4) is 0 Å². The minimum atomic E-state index is -0.478. The van der Waals surface area contributed by atoms with Crippen molar-refractivity contribution in [2.24, 2.45) is 5.73 Å². The first-order chi connectivity index (χ1) is 8.67. The molecule has 0 saturated carbocycles. The van der Waals surface area contributed by atoms with E-state index in [9.17, 15) is 0 Å². The zero-order valence-electron chi connectivity index (χ0n) is 9.88. The third-order valence-corrected chi connectivity index (χ3v) is 2.97. The molecule has 0 amide bonds. The van der Waals surface area contributed by atoms with Gasteiger partial charge in [-0.05, 0) is 12.1 Å². The van der Waals surface area contributed by atoms with Gasteiger partial charge in [-0.25, -0.2) is 4.98 Å². The van der Waals surface area contributed by atoms with Crippen molar-refractivity contribution in [3.63, 3.8) is 0 Å². The average molecular weight is 268 g/mol. The number of halogens is 1. The SMILES string of the molecule is COc1cc(-n2cncc2C(N)CO)ccc1Cl. The van der Waals surface area contributed by atoms with Gasteiger partial charge in [0.2, 0.25) is 0 Å². The number of benzene rings is 1. The Morgan fingerprint density at radius 3 is 3.00 bits per heavy atom. The van der Waals surface area contributed by atoms with E-state index in [1.54, 1.807) is 36.3 Å². The van der Waals surface area contributed by atoms with E-state index in [1.165, 1.54) is 0 Å². The van der Waals surface area contributed by atoms with Crippen LogP contribution in [0.2, 0.25) is 5.02 Å². The Bertz CT molecular complexity index is 542. The summed E-state index contributed by atoms with van der Waals surface area (Å²) in [5.41, 5.74) is 7.36. The summed E-state index contributed by atoms with van der Waals surface area (Å²) in [4.78, 5) is 4.04. The van der Waals surface area contributed by atoms with Crippen LogP contribution >= 0.6 is 11.6 Å². The van der Waals surface area contributed by atoms with Crippen LogP contribution in [0, 0.1) is 0 Å². The van der Waals surface area contributed by atoms with Crippen LogP contribution in [0.4, 0.5) is 0 Å². The third kappa shape index (κ3) is 2.33. The highest BCUT2D eigenvalue weighted by molar-refractivity contribution is 6.32. The maximum atomic E-state index is 9.11. The van der Waals surface area contributed by atoms with Crippen molar-refractivity contribution in [2.45, 2.75) is 6.04 Å². The van der Waals surface area contributed by atoms with Crippen molar-refractivity contribution in [3.8, 4) is 11.4 Å². The van der Waals surface area contributed by atoms with Crippen molar-refractivity contribution in [1.29, 1.82) is 0 Å². The van der Waals surface area contributed by atoms with Gasteiger partial charge in [-0.3, -0.25) is 0 Å². The molecule has 18 heavy (non-hydrogen) atoms. The first kappa shape index (κ1) is 12.9.